The molecule has 0 spiro atoms. The molecule has 0 bridgehead atoms. The van der Waals surface area contributed by atoms with E-state index in [1.54, 1.807) is 24.3 Å². The minimum atomic E-state index is -0.571. The number of carbonyl (C=O) groups is 1. The van der Waals surface area contributed by atoms with Gasteiger partial charge in [0.15, 0.2) is 0 Å². The van der Waals surface area contributed by atoms with Crippen LogP contribution in [0.4, 0.5) is 5.69 Å². The van der Waals surface area contributed by atoms with Crippen LogP contribution in [0.25, 0.3) is 11.4 Å². The number of rotatable bonds is 7. The molecule has 0 saturated carbocycles. The molecule has 0 saturated heterocycles. The van der Waals surface area contributed by atoms with Gasteiger partial charge in [-0.15, -0.1) is 0 Å². The molecule has 0 fully saturated rings. The van der Waals surface area contributed by atoms with Crippen LogP contribution in [0, 0.1) is 0 Å². The molecule has 0 atom stereocenters. The first-order valence-corrected chi connectivity index (χ1v) is 10.8. The highest BCUT2D eigenvalue weighted by atomic mass is 16.2. The van der Waals surface area contributed by atoms with Crippen molar-refractivity contribution in [1.82, 2.24) is 19.1 Å². The Morgan fingerprint density at radius 3 is 2.56 bits per heavy atom. The lowest BCUT2D eigenvalue weighted by Gasteiger charge is -2.11. The Labute approximate surface area is 194 Å². The van der Waals surface area contributed by atoms with Crippen molar-refractivity contribution in [1.29, 1.82) is 0 Å². The highest BCUT2D eigenvalue weighted by Crippen LogP contribution is 2.19. The number of aryl methyl sites for hydroxylation is 1. The van der Waals surface area contributed by atoms with Gasteiger partial charge in [0.2, 0.25) is 5.91 Å². The van der Waals surface area contributed by atoms with E-state index in [-0.39, 0.29) is 12.1 Å². The highest BCUT2D eigenvalue weighted by molar-refractivity contribution is 5.91. The maximum absolute atomic E-state index is 12.8. The lowest BCUT2D eigenvalue weighted by molar-refractivity contribution is -0.116. The number of carbonyl (C=O) groups excluding carboxylic acids is 1. The molecule has 0 aliphatic carbocycles. The Morgan fingerprint density at radius 2 is 1.79 bits per heavy atom. The quantitative estimate of drug-likeness (QED) is 0.440. The molecule has 0 unspecified atom stereocenters. The van der Waals surface area contributed by atoms with Gasteiger partial charge in [-0.2, -0.15) is 0 Å². The number of aromatic nitrogens is 4. The van der Waals surface area contributed by atoms with Gasteiger partial charge in [0.25, 0.3) is 11.1 Å². The topological polar surface area (TPSA) is 119 Å². The molecular formula is C25H23N5O4. The molecule has 0 aliphatic heterocycles. The second kappa shape index (κ2) is 9.95. The number of nitrogens with zero attached hydrogens (tertiary/aromatic N) is 3. The lowest BCUT2D eigenvalue weighted by atomic mass is 10.1. The first-order chi connectivity index (χ1) is 16.4. The van der Waals surface area contributed by atoms with Gasteiger partial charge in [0.1, 0.15) is 12.4 Å². The van der Waals surface area contributed by atoms with Crippen molar-refractivity contribution in [2.75, 3.05) is 5.32 Å². The van der Waals surface area contributed by atoms with Crippen molar-refractivity contribution in [2.24, 2.45) is 0 Å². The zero-order valence-corrected chi connectivity index (χ0v) is 18.5. The maximum atomic E-state index is 12.8. The summed E-state index contributed by atoms with van der Waals surface area (Å²) in [5.74, 6) is -0.138. The number of amides is 1. The minimum Gasteiger partial charge on any atom is -0.325 e. The highest BCUT2D eigenvalue weighted by Gasteiger charge is 2.12. The summed E-state index contributed by atoms with van der Waals surface area (Å²) in [6.07, 6.45) is 2.04. The van der Waals surface area contributed by atoms with E-state index in [9.17, 15) is 19.2 Å². The summed E-state index contributed by atoms with van der Waals surface area (Å²) in [6.45, 7) is 1.76. The number of hydrogen-bond acceptors (Lipinski definition) is 5. The Kier molecular flexibility index (Phi) is 6.63. The van der Waals surface area contributed by atoms with E-state index in [0.29, 0.717) is 29.2 Å². The van der Waals surface area contributed by atoms with Gasteiger partial charge < -0.3 is 10.3 Å². The smallest absolute Gasteiger partial charge is 0.325 e. The molecule has 2 heterocycles. The first-order valence-electron chi connectivity index (χ1n) is 10.8. The van der Waals surface area contributed by atoms with Crippen LogP contribution in [0.2, 0.25) is 0 Å². The molecule has 9 nitrogen and oxygen atoms in total. The fourth-order valence-electron chi connectivity index (χ4n) is 3.52. The molecular weight excluding hydrogens is 434 g/mol. The predicted molar refractivity (Wildman–Crippen MR) is 129 cm³/mol. The van der Waals surface area contributed by atoms with Crippen molar-refractivity contribution in [2.45, 2.75) is 26.4 Å². The summed E-state index contributed by atoms with van der Waals surface area (Å²) in [4.78, 5) is 56.8. The van der Waals surface area contributed by atoms with Crippen LogP contribution in [0.1, 0.15) is 18.2 Å². The Morgan fingerprint density at radius 1 is 1.00 bits per heavy atom. The van der Waals surface area contributed by atoms with Gasteiger partial charge in [-0.1, -0.05) is 49.4 Å². The zero-order valence-electron chi connectivity index (χ0n) is 18.5. The minimum absolute atomic E-state index is 0.258. The van der Waals surface area contributed by atoms with Crippen LogP contribution in [0.5, 0.6) is 0 Å². The van der Waals surface area contributed by atoms with Crippen molar-refractivity contribution in [3.8, 4) is 11.4 Å². The Hall–Kier alpha value is -4.53. The molecule has 0 aliphatic rings. The van der Waals surface area contributed by atoms with Crippen LogP contribution in [0.3, 0.4) is 0 Å². The van der Waals surface area contributed by atoms with E-state index in [0.717, 1.165) is 10.1 Å². The third-order valence-electron chi connectivity index (χ3n) is 5.21. The third kappa shape index (κ3) is 5.26. The van der Waals surface area contributed by atoms with Crippen LogP contribution in [-0.4, -0.2) is 25.0 Å². The normalized spacial score (nSPS) is 10.7. The monoisotopic (exact) mass is 457 g/mol. The zero-order chi connectivity index (χ0) is 24.1. The molecule has 2 aromatic heterocycles. The standard InChI is InChI=1S/C25H23N5O4/c1-2-19-14-21(31)28-24(27-19)18-9-6-10-20(13-18)26-22(32)16-30-23(33)11-12-29(25(30)34)15-17-7-4-3-5-8-17/h3-14H,2,15-16H2,1H3,(H,26,32)(H,27,28,31). The average molecular weight is 457 g/mol. The summed E-state index contributed by atoms with van der Waals surface area (Å²) < 4.78 is 2.28. The summed E-state index contributed by atoms with van der Waals surface area (Å²) >= 11 is 0. The second-order valence-electron chi connectivity index (χ2n) is 7.70. The van der Waals surface area contributed by atoms with Crippen LogP contribution >= 0.6 is 0 Å². The third-order valence-corrected chi connectivity index (χ3v) is 5.21. The van der Waals surface area contributed by atoms with Crippen molar-refractivity contribution >= 4 is 11.6 Å². The number of nitrogens with one attached hydrogen (secondary N) is 2. The van der Waals surface area contributed by atoms with Gasteiger partial charge in [-0.05, 0) is 24.1 Å². The van der Waals surface area contributed by atoms with E-state index in [4.69, 9.17) is 0 Å². The number of H-pyrrole nitrogens is 1. The molecule has 2 N–H and O–H groups in total. The maximum Gasteiger partial charge on any atom is 0.331 e. The fourth-order valence-corrected chi connectivity index (χ4v) is 3.52. The van der Waals surface area contributed by atoms with Gasteiger partial charge >= 0.3 is 5.69 Å². The number of anilines is 1. The van der Waals surface area contributed by atoms with Gasteiger partial charge in [0.05, 0.1) is 6.54 Å². The average Bonchev–Trinajstić information content (AvgIpc) is 2.84. The van der Waals surface area contributed by atoms with Gasteiger partial charge in [-0.25, -0.2) is 9.78 Å². The largest absolute Gasteiger partial charge is 0.331 e. The van der Waals surface area contributed by atoms with Crippen LogP contribution < -0.4 is 22.1 Å². The van der Waals surface area contributed by atoms with Crippen LogP contribution in [-0.2, 0) is 24.3 Å². The molecule has 4 rings (SSSR count). The summed E-state index contributed by atoms with van der Waals surface area (Å²) in [6, 6.07) is 18.9. The van der Waals surface area contributed by atoms with Crippen molar-refractivity contribution < 1.29 is 4.79 Å². The van der Waals surface area contributed by atoms with Crippen molar-refractivity contribution in [3.05, 3.63) is 115 Å². The van der Waals surface area contributed by atoms with E-state index in [1.807, 2.05) is 37.3 Å². The summed E-state index contributed by atoms with van der Waals surface area (Å²) in [7, 11) is 0. The molecule has 34 heavy (non-hydrogen) atoms. The lowest BCUT2D eigenvalue weighted by Crippen LogP contribution is -2.41. The Bertz CT molecular complexity index is 1500. The fraction of sp³-hybridized carbons (Fsp3) is 0.160. The Balaban J connectivity index is 1.54. The molecule has 1 amide bonds. The van der Waals surface area contributed by atoms with Gasteiger partial charge in [-0.3, -0.25) is 23.5 Å². The molecule has 2 aromatic carbocycles. The first kappa shape index (κ1) is 22.7. The van der Waals surface area contributed by atoms with E-state index in [2.05, 4.69) is 15.3 Å². The van der Waals surface area contributed by atoms with E-state index < -0.39 is 23.7 Å². The number of aromatic amines is 1. The second-order valence-corrected chi connectivity index (χ2v) is 7.70. The van der Waals surface area contributed by atoms with Crippen LogP contribution in [0.15, 0.2) is 87.3 Å². The van der Waals surface area contributed by atoms with Crippen molar-refractivity contribution in [3.63, 3.8) is 0 Å². The predicted octanol–water partition coefficient (Wildman–Crippen LogP) is 2.01. The van der Waals surface area contributed by atoms with E-state index >= 15 is 0 Å². The summed E-state index contributed by atoms with van der Waals surface area (Å²) in [5.41, 5.74) is 1.23. The summed E-state index contributed by atoms with van der Waals surface area (Å²) in [5, 5.41) is 2.70. The van der Waals surface area contributed by atoms with Gasteiger partial charge in [0, 0.05) is 35.3 Å². The molecule has 0 radical (unpaired) electrons. The SMILES string of the molecule is CCc1cc(=O)[nH]c(-c2cccc(NC(=O)Cn3c(=O)ccn(Cc4ccccc4)c3=O)c2)n1. The molecule has 9 heteroatoms. The molecule has 4 aromatic rings. The number of hydrogen-bond donors (Lipinski definition) is 2. The number of benzene rings is 2. The molecule has 172 valence electrons. The van der Waals surface area contributed by atoms with E-state index in [1.165, 1.54) is 22.9 Å².